The van der Waals surface area contributed by atoms with Crippen LogP contribution in [0, 0.1) is 5.92 Å². The summed E-state index contributed by atoms with van der Waals surface area (Å²) in [6.45, 7) is 4.29. The molecule has 1 amide bonds. The molecule has 2 N–H and O–H groups in total. The second-order valence-electron chi connectivity index (χ2n) is 6.30. The Morgan fingerprint density at radius 1 is 1.26 bits per heavy atom. The average Bonchev–Trinajstić information content (AvgIpc) is 3.11. The van der Waals surface area contributed by atoms with E-state index >= 15 is 0 Å². The lowest BCUT2D eigenvalue weighted by atomic mass is 10.0. The van der Waals surface area contributed by atoms with Crippen LogP contribution in [0.1, 0.15) is 42.6 Å². The van der Waals surface area contributed by atoms with Gasteiger partial charge in [-0.2, -0.15) is 0 Å². The summed E-state index contributed by atoms with van der Waals surface area (Å²) < 4.78 is 1.82. The van der Waals surface area contributed by atoms with E-state index in [0.29, 0.717) is 11.6 Å². The van der Waals surface area contributed by atoms with Gasteiger partial charge >= 0.3 is 0 Å². The first kappa shape index (κ1) is 15.3. The zero-order valence-electron chi connectivity index (χ0n) is 13.7. The van der Waals surface area contributed by atoms with Gasteiger partial charge in [0.05, 0.1) is 17.1 Å². The van der Waals surface area contributed by atoms with Gasteiger partial charge in [-0.25, -0.2) is 4.98 Å². The molecule has 0 aliphatic rings. The molecule has 0 spiro atoms. The van der Waals surface area contributed by atoms with Gasteiger partial charge in [0, 0.05) is 13.2 Å². The number of aromatic amines is 1. The van der Waals surface area contributed by atoms with Crippen molar-refractivity contribution < 1.29 is 4.79 Å². The normalized spacial score (nSPS) is 12.7. The molecule has 0 unspecified atom stereocenters. The molecule has 5 heteroatoms. The molecule has 3 rings (SSSR count). The number of para-hydroxylation sites is 2. The molecule has 1 atom stereocenters. The number of nitrogens with one attached hydrogen (secondary N) is 2. The number of hydrogen-bond donors (Lipinski definition) is 2. The molecule has 5 nitrogen and oxygen atoms in total. The van der Waals surface area contributed by atoms with E-state index in [2.05, 4.69) is 29.1 Å². The maximum atomic E-state index is 12.5. The fourth-order valence-electron chi connectivity index (χ4n) is 2.78. The molecule has 23 heavy (non-hydrogen) atoms. The highest BCUT2D eigenvalue weighted by atomic mass is 16.2. The number of aromatic nitrogens is 3. The Balaban J connectivity index is 1.88. The summed E-state index contributed by atoms with van der Waals surface area (Å²) in [4.78, 5) is 20.5. The predicted octanol–water partition coefficient (Wildman–Crippen LogP) is 3.42. The highest BCUT2D eigenvalue weighted by Crippen LogP contribution is 2.22. The molecule has 3 aromatic rings. The second kappa shape index (κ2) is 6.28. The minimum absolute atomic E-state index is 0.0800. The molecular weight excluding hydrogens is 288 g/mol. The van der Waals surface area contributed by atoms with Gasteiger partial charge in [-0.1, -0.05) is 26.0 Å². The van der Waals surface area contributed by atoms with Gasteiger partial charge in [0.2, 0.25) is 0 Å². The summed E-state index contributed by atoms with van der Waals surface area (Å²) in [6, 6.07) is 11.5. The van der Waals surface area contributed by atoms with Crippen molar-refractivity contribution in [2.75, 3.05) is 0 Å². The standard InChI is InChI=1S/C18H22N4O/c1-12(2)11-15(21-18(23)16-9-6-10-22(16)3)17-19-13-7-4-5-8-14(13)20-17/h4-10,12,15H,11H2,1-3H3,(H,19,20)(H,21,23)/t15-/m0/s1. The molecule has 0 radical (unpaired) electrons. The molecule has 1 aromatic carbocycles. The lowest BCUT2D eigenvalue weighted by Crippen LogP contribution is -2.31. The van der Waals surface area contributed by atoms with E-state index in [1.165, 1.54) is 0 Å². The van der Waals surface area contributed by atoms with E-state index in [-0.39, 0.29) is 11.9 Å². The number of nitrogens with zero attached hydrogens (tertiary/aromatic N) is 2. The molecule has 2 heterocycles. The van der Waals surface area contributed by atoms with Crippen LogP contribution in [0.4, 0.5) is 0 Å². The molecule has 0 bridgehead atoms. The summed E-state index contributed by atoms with van der Waals surface area (Å²) in [6.07, 6.45) is 2.70. The van der Waals surface area contributed by atoms with E-state index < -0.39 is 0 Å². The lowest BCUT2D eigenvalue weighted by Gasteiger charge is -2.19. The van der Waals surface area contributed by atoms with Gasteiger partial charge in [-0.15, -0.1) is 0 Å². The van der Waals surface area contributed by atoms with E-state index in [0.717, 1.165) is 23.3 Å². The third kappa shape index (κ3) is 3.28. The fraction of sp³-hybridized carbons (Fsp3) is 0.333. The van der Waals surface area contributed by atoms with Crippen LogP contribution in [-0.4, -0.2) is 20.4 Å². The molecule has 0 saturated carbocycles. The summed E-state index contributed by atoms with van der Waals surface area (Å²) in [5.74, 6) is 1.17. The molecule has 0 saturated heterocycles. The first-order valence-corrected chi connectivity index (χ1v) is 7.91. The number of amides is 1. The number of H-pyrrole nitrogens is 1. The molecule has 120 valence electrons. The lowest BCUT2D eigenvalue weighted by molar-refractivity contribution is 0.0922. The maximum Gasteiger partial charge on any atom is 0.268 e. The van der Waals surface area contributed by atoms with Crippen molar-refractivity contribution >= 4 is 16.9 Å². The van der Waals surface area contributed by atoms with E-state index in [9.17, 15) is 4.79 Å². The van der Waals surface area contributed by atoms with Crippen molar-refractivity contribution in [2.45, 2.75) is 26.3 Å². The molecular formula is C18H22N4O. The van der Waals surface area contributed by atoms with Crippen molar-refractivity contribution in [3.05, 3.63) is 54.1 Å². The molecule has 2 aromatic heterocycles. The van der Waals surface area contributed by atoms with E-state index in [4.69, 9.17) is 0 Å². The predicted molar refractivity (Wildman–Crippen MR) is 91.2 cm³/mol. The van der Waals surface area contributed by atoms with Crippen LogP contribution in [-0.2, 0) is 7.05 Å². The maximum absolute atomic E-state index is 12.5. The van der Waals surface area contributed by atoms with E-state index in [1.807, 2.05) is 54.2 Å². The Bertz CT molecular complexity index is 782. The van der Waals surface area contributed by atoms with Gasteiger partial charge in [0.15, 0.2) is 0 Å². The second-order valence-corrected chi connectivity index (χ2v) is 6.30. The number of carbonyl (C=O) groups excluding carboxylic acids is 1. The number of rotatable bonds is 5. The number of benzene rings is 1. The highest BCUT2D eigenvalue weighted by molar-refractivity contribution is 5.93. The van der Waals surface area contributed by atoms with Crippen molar-refractivity contribution in [1.82, 2.24) is 19.9 Å². The molecule has 0 aliphatic carbocycles. The Morgan fingerprint density at radius 2 is 2.04 bits per heavy atom. The Labute approximate surface area is 135 Å². The van der Waals surface area contributed by atoms with Crippen LogP contribution < -0.4 is 5.32 Å². The fourth-order valence-corrected chi connectivity index (χ4v) is 2.78. The highest BCUT2D eigenvalue weighted by Gasteiger charge is 2.21. The Morgan fingerprint density at radius 3 is 2.70 bits per heavy atom. The van der Waals surface area contributed by atoms with E-state index in [1.54, 1.807) is 0 Å². The minimum Gasteiger partial charge on any atom is -0.347 e. The van der Waals surface area contributed by atoms with Crippen LogP contribution >= 0.6 is 0 Å². The van der Waals surface area contributed by atoms with Crippen LogP contribution in [0.5, 0.6) is 0 Å². The van der Waals surface area contributed by atoms with Crippen LogP contribution in [0.3, 0.4) is 0 Å². The van der Waals surface area contributed by atoms with Crippen LogP contribution in [0.25, 0.3) is 11.0 Å². The van der Waals surface area contributed by atoms with Crippen molar-refractivity contribution in [3.8, 4) is 0 Å². The minimum atomic E-state index is -0.134. The first-order valence-electron chi connectivity index (χ1n) is 7.91. The number of carbonyl (C=O) groups is 1. The first-order chi connectivity index (χ1) is 11.0. The van der Waals surface area contributed by atoms with Crippen molar-refractivity contribution in [3.63, 3.8) is 0 Å². The number of fused-ring (bicyclic) bond motifs is 1. The largest absolute Gasteiger partial charge is 0.347 e. The monoisotopic (exact) mass is 310 g/mol. The smallest absolute Gasteiger partial charge is 0.268 e. The van der Waals surface area contributed by atoms with Crippen molar-refractivity contribution in [1.29, 1.82) is 0 Å². The SMILES string of the molecule is CC(C)C[C@H](NC(=O)c1cccn1C)c1nc2ccccc2[nH]1. The Kier molecular flexibility index (Phi) is 4.19. The van der Waals surface area contributed by atoms with Gasteiger partial charge in [0.25, 0.3) is 5.91 Å². The summed E-state index contributed by atoms with van der Waals surface area (Å²) in [5.41, 5.74) is 2.56. The van der Waals surface area contributed by atoms with Gasteiger partial charge in [-0.3, -0.25) is 4.79 Å². The molecule has 0 aliphatic heterocycles. The van der Waals surface area contributed by atoms with Gasteiger partial charge < -0.3 is 14.9 Å². The van der Waals surface area contributed by atoms with Gasteiger partial charge in [-0.05, 0) is 36.6 Å². The van der Waals surface area contributed by atoms with Crippen LogP contribution in [0.2, 0.25) is 0 Å². The third-order valence-electron chi connectivity index (χ3n) is 3.93. The van der Waals surface area contributed by atoms with Crippen molar-refractivity contribution in [2.24, 2.45) is 13.0 Å². The molecule has 0 fully saturated rings. The summed E-state index contributed by atoms with van der Waals surface area (Å²) in [7, 11) is 1.87. The number of hydrogen-bond acceptors (Lipinski definition) is 2. The number of aryl methyl sites for hydroxylation is 1. The van der Waals surface area contributed by atoms with Gasteiger partial charge in [0.1, 0.15) is 11.5 Å². The third-order valence-corrected chi connectivity index (χ3v) is 3.93. The summed E-state index contributed by atoms with van der Waals surface area (Å²) in [5, 5.41) is 3.12. The zero-order chi connectivity index (χ0) is 16.4. The Hall–Kier alpha value is -2.56. The topological polar surface area (TPSA) is 62.7 Å². The number of imidazole rings is 1. The van der Waals surface area contributed by atoms with Crippen LogP contribution in [0.15, 0.2) is 42.6 Å². The quantitative estimate of drug-likeness (QED) is 0.758. The zero-order valence-corrected chi connectivity index (χ0v) is 13.7. The average molecular weight is 310 g/mol. The summed E-state index contributed by atoms with van der Waals surface area (Å²) >= 11 is 0.